The third-order valence-corrected chi connectivity index (χ3v) is 3.42. The highest BCUT2D eigenvalue weighted by atomic mass is 16.2. The zero-order chi connectivity index (χ0) is 13.7. The van der Waals surface area contributed by atoms with Crippen molar-refractivity contribution >= 4 is 11.8 Å². The van der Waals surface area contributed by atoms with Gasteiger partial charge in [0.2, 0.25) is 11.8 Å². The van der Waals surface area contributed by atoms with E-state index in [2.05, 4.69) is 5.32 Å². The van der Waals surface area contributed by atoms with E-state index in [0.717, 1.165) is 25.9 Å². The number of hydrogen-bond donors (Lipinski definition) is 2. The van der Waals surface area contributed by atoms with E-state index in [1.807, 2.05) is 18.7 Å². The van der Waals surface area contributed by atoms with Crippen molar-refractivity contribution in [1.29, 1.82) is 0 Å². The number of nitrogens with zero attached hydrogens (tertiary/aromatic N) is 1. The van der Waals surface area contributed by atoms with Gasteiger partial charge in [0.25, 0.3) is 0 Å². The topological polar surface area (TPSA) is 75.4 Å². The number of likely N-dealkylation sites (tertiary alicyclic amines) is 1. The zero-order valence-corrected chi connectivity index (χ0v) is 11.6. The molecule has 5 heteroatoms. The van der Waals surface area contributed by atoms with Crippen molar-refractivity contribution in [3.63, 3.8) is 0 Å². The Morgan fingerprint density at radius 1 is 1.11 bits per heavy atom. The van der Waals surface area contributed by atoms with Crippen molar-refractivity contribution in [1.82, 2.24) is 10.2 Å². The van der Waals surface area contributed by atoms with Gasteiger partial charge in [-0.05, 0) is 32.1 Å². The van der Waals surface area contributed by atoms with Gasteiger partial charge in [-0.15, -0.1) is 0 Å². The van der Waals surface area contributed by atoms with Gasteiger partial charge in [0, 0.05) is 13.1 Å². The molecule has 18 heavy (non-hydrogen) atoms. The lowest BCUT2D eigenvalue weighted by Crippen LogP contribution is -2.53. The fourth-order valence-electron chi connectivity index (χ4n) is 2.06. The van der Waals surface area contributed by atoms with Crippen LogP contribution in [0.5, 0.6) is 0 Å². The first kappa shape index (κ1) is 15.0. The van der Waals surface area contributed by atoms with Gasteiger partial charge in [-0.1, -0.05) is 13.8 Å². The Labute approximate surface area is 109 Å². The number of hydrogen-bond acceptors (Lipinski definition) is 3. The maximum Gasteiger partial charge on any atom is 0.244 e. The van der Waals surface area contributed by atoms with Gasteiger partial charge in [-0.3, -0.25) is 9.59 Å². The van der Waals surface area contributed by atoms with Crippen LogP contribution in [0.4, 0.5) is 0 Å². The molecule has 0 aromatic rings. The van der Waals surface area contributed by atoms with Crippen LogP contribution < -0.4 is 11.1 Å². The molecule has 5 nitrogen and oxygen atoms in total. The molecule has 0 spiro atoms. The summed E-state index contributed by atoms with van der Waals surface area (Å²) in [5.41, 5.74) is 5.75. The summed E-state index contributed by atoms with van der Waals surface area (Å²) >= 11 is 0. The Bertz CT molecular complexity index is 299. The Morgan fingerprint density at radius 3 is 2.17 bits per heavy atom. The second kappa shape index (κ2) is 6.73. The lowest BCUT2D eigenvalue weighted by atomic mass is 10.0. The summed E-state index contributed by atoms with van der Waals surface area (Å²) < 4.78 is 0. The summed E-state index contributed by atoms with van der Waals surface area (Å²) in [7, 11) is 0. The molecule has 1 rings (SSSR count). The molecular weight excluding hydrogens is 230 g/mol. The van der Waals surface area contributed by atoms with Crippen LogP contribution in [0.25, 0.3) is 0 Å². The van der Waals surface area contributed by atoms with E-state index in [9.17, 15) is 9.59 Å². The molecule has 0 bridgehead atoms. The molecular formula is C13H25N3O2. The van der Waals surface area contributed by atoms with Gasteiger partial charge in [-0.25, -0.2) is 0 Å². The monoisotopic (exact) mass is 255 g/mol. The molecule has 0 aliphatic carbocycles. The summed E-state index contributed by atoms with van der Waals surface area (Å²) in [6, 6.07) is -1.04. The van der Waals surface area contributed by atoms with Crippen LogP contribution in [0.15, 0.2) is 0 Å². The minimum atomic E-state index is -0.554. The fourth-order valence-corrected chi connectivity index (χ4v) is 2.06. The van der Waals surface area contributed by atoms with E-state index in [4.69, 9.17) is 5.73 Å². The summed E-state index contributed by atoms with van der Waals surface area (Å²) in [6.45, 7) is 7.11. The normalized spacial score (nSPS) is 19.5. The molecule has 104 valence electrons. The van der Waals surface area contributed by atoms with Gasteiger partial charge < -0.3 is 16.0 Å². The first-order valence-corrected chi connectivity index (χ1v) is 6.78. The van der Waals surface area contributed by atoms with Crippen molar-refractivity contribution < 1.29 is 9.59 Å². The van der Waals surface area contributed by atoms with Crippen LogP contribution in [-0.2, 0) is 9.59 Å². The summed E-state index contributed by atoms with van der Waals surface area (Å²) in [5.74, 6) is -0.177. The summed E-state index contributed by atoms with van der Waals surface area (Å²) in [5, 5.41) is 2.70. The summed E-state index contributed by atoms with van der Waals surface area (Å²) in [4.78, 5) is 25.7. The lowest BCUT2D eigenvalue weighted by Gasteiger charge is -2.30. The second-order valence-corrected chi connectivity index (χ2v) is 5.39. The molecule has 1 unspecified atom stereocenters. The van der Waals surface area contributed by atoms with Crippen molar-refractivity contribution in [2.45, 2.75) is 52.1 Å². The zero-order valence-electron chi connectivity index (χ0n) is 11.6. The van der Waals surface area contributed by atoms with Crippen LogP contribution in [0, 0.1) is 5.92 Å². The van der Waals surface area contributed by atoms with Crippen molar-refractivity contribution in [3.05, 3.63) is 0 Å². The van der Waals surface area contributed by atoms with Gasteiger partial charge in [0.1, 0.15) is 6.04 Å². The van der Waals surface area contributed by atoms with Gasteiger partial charge in [-0.2, -0.15) is 0 Å². The van der Waals surface area contributed by atoms with Crippen molar-refractivity contribution in [2.75, 3.05) is 13.1 Å². The number of piperidine rings is 1. The van der Waals surface area contributed by atoms with Crippen molar-refractivity contribution in [3.8, 4) is 0 Å². The van der Waals surface area contributed by atoms with E-state index in [1.165, 1.54) is 6.42 Å². The van der Waals surface area contributed by atoms with Crippen LogP contribution in [0.3, 0.4) is 0 Å². The number of carbonyl (C=O) groups excluding carboxylic acids is 2. The SMILES string of the molecule is CC(NC(=O)[C@@H](N)C(C)C)C(=O)N1CCCCC1. The molecule has 1 fully saturated rings. The number of carbonyl (C=O) groups is 2. The minimum Gasteiger partial charge on any atom is -0.343 e. The van der Waals surface area contributed by atoms with Crippen LogP contribution >= 0.6 is 0 Å². The molecule has 1 heterocycles. The smallest absolute Gasteiger partial charge is 0.244 e. The molecule has 2 amide bonds. The first-order chi connectivity index (χ1) is 8.43. The average molecular weight is 255 g/mol. The molecule has 2 atom stereocenters. The quantitative estimate of drug-likeness (QED) is 0.767. The van der Waals surface area contributed by atoms with E-state index >= 15 is 0 Å². The number of nitrogens with one attached hydrogen (secondary N) is 1. The van der Waals surface area contributed by atoms with Crippen LogP contribution in [-0.4, -0.2) is 41.9 Å². The van der Waals surface area contributed by atoms with Crippen LogP contribution in [0.2, 0.25) is 0 Å². The molecule has 0 saturated carbocycles. The molecule has 0 radical (unpaired) electrons. The van der Waals surface area contributed by atoms with Gasteiger partial charge in [0.05, 0.1) is 6.04 Å². The van der Waals surface area contributed by atoms with Crippen molar-refractivity contribution in [2.24, 2.45) is 11.7 Å². The maximum absolute atomic E-state index is 12.1. The molecule has 1 aliphatic heterocycles. The van der Waals surface area contributed by atoms with E-state index in [-0.39, 0.29) is 17.7 Å². The van der Waals surface area contributed by atoms with Gasteiger partial charge >= 0.3 is 0 Å². The fraction of sp³-hybridized carbons (Fsp3) is 0.846. The van der Waals surface area contributed by atoms with E-state index in [1.54, 1.807) is 6.92 Å². The highest BCUT2D eigenvalue weighted by Gasteiger charge is 2.25. The predicted octanol–water partition coefficient (Wildman–Crippen LogP) is 0.487. The predicted molar refractivity (Wildman–Crippen MR) is 70.8 cm³/mol. The Morgan fingerprint density at radius 2 is 1.67 bits per heavy atom. The molecule has 0 aromatic carbocycles. The number of rotatable bonds is 4. The third-order valence-electron chi connectivity index (χ3n) is 3.42. The standard InChI is InChI=1S/C13H25N3O2/c1-9(2)11(14)12(17)15-10(3)13(18)16-7-5-4-6-8-16/h9-11H,4-8,14H2,1-3H3,(H,15,17)/t10?,11-/m0/s1. The Kier molecular flexibility index (Phi) is 5.59. The molecule has 1 aliphatic rings. The van der Waals surface area contributed by atoms with E-state index in [0.29, 0.717) is 0 Å². The van der Waals surface area contributed by atoms with E-state index < -0.39 is 12.1 Å². The molecule has 1 saturated heterocycles. The largest absolute Gasteiger partial charge is 0.343 e. The number of amides is 2. The number of nitrogens with two attached hydrogens (primary N) is 1. The highest BCUT2D eigenvalue weighted by molar-refractivity contribution is 5.89. The molecule has 3 N–H and O–H groups in total. The Balaban J connectivity index is 2.46. The summed E-state index contributed by atoms with van der Waals surface area (Å²) in [6.07, 6.45) is 3.29. The second-order valence-electron chi connectivity index (χ2n) is 5.39. The van der Waals surface area contributed by atoms with Crippen LogP contribution in [0.1, 0.15) is 40.0 Å². The first-order valence-electron chi connectivity index (χ1n) is 6.78. The van der Waals surface area contributed by atoms with Gasteiger partial charge in [0.15, 0.2) is 0 Å². The minimum absolute atomic E-state index is 0.000920. The lowest BCUT2D eigenvalue weighted by molar-refractivity contribution is -0.137. The third kappa shape index (κ3) is 3.98. The average Bonchev–Trinajstić information content (AvgIpc) is 2.37. The maximum atomic E-state index is 12.1. The highest BCUT2D eigenvalue weighted by Crippen LogP contribution is 2.10. The molecule has 0 aromatic heterocycles. The Hall–Kier alpha value is -1.10.